The van der Waals surface area contributed by atoms with Gasteiger partial charge in [0.2, 0.25) is 0 Å². The maximum Gasteiger partial charge on any atom is 0.125 e. The van der Waals surface area contributed by atoms with Gasteiger partial charge in [0.15, 0.2) is 0 Å². The van der Waals surface area contributed by atoms with Crippen LogP contribution >= 0.6 is 0 Å². The molecule has 0 heterocycles. The Bertz CT molecular complexity index is 373. The number of rotatable bonds is 5. The van der Waals surface area contributed by atoms with E-state index in [0.717, 1.165) is 18.7 Å². The van der Waals surface area contributed by atoms with Crippen molar-refractivity contribution >= 4 is 5.69 Å². The summed E-state index contributed by atoms with van der Waals surface area (Å²) in [6, 6.07) is 7.54. The lowest BCUT2D eigenvalue weighted by Crippen LogP contribution is -2.36. The maximum atomic E-state index is 13.4. The number of anilines is 1. The monoisotopic (exact) mass is 264 g/mol. The summed E-state index contributed by atoms with van der Waals surface area (Å²) in [7, 11) is 0. The first-order valence-corrected chi connectivity index (χ1v) is 7.53. The molecule has 1 saturated carbocycles. The van der Waals surface area contributed by atoms with Gasteiger partial charge in [0.05, 0.1) is 0 Å². The van der Waals surface area contributed by atoms with Crippen LogP contribution in [0.2, 0.25) is 0 Å². The Hall–Kier alpha value is -1.09. The van der Waals surface area contributed by atoms with Crippen LogP contribution in [0.25, 0.3) is 0 Å². The summed E-state index contributed by atoms with van der Waals surface area (Å²) in [5.74, 6) is -0.149. The Morgan fingerprint density at radius 2 is 1.89 bits per heavy atom. The summed E-state index contributed by atoms with van der Waals surface area (Å²) < 4.78 is 13.4. The lowest BCUT2D eigenvalue weighted by atomic mass is 10.1. The molecule has 0 saturated heterocycles. The summed E-state index contributed by atoms with van der Waals surface area (Å²) >= 11 is 0. The van der Waals surface area contributed by atoms with E-state index in [1.54, 1.807) is 12.1 Å². The van der Waals surface area contributed by atoms with Gasteiger partial charge in [-0.2, -0.15) is 0 Å². The van der Waals surface area contributed by atoms with E-state index >= 15 is 0 Å². The first-order chi connectivity index (χ1) is 9.31. The van der Waals surface area contributed by atoms with Crippen LogP contribution in [-0.2, 0) is 0 Å². The van der Waals surface area contributed by atoms with E-state index in [4.69, 9.17) is 5.73 Å². The highest BCUT2D eigenvalue weighted by atomic mass is 19.1. The molecule has 0 radical (unpaired) electrons. The van der Waals surface area contributed by atoms with Crippen molar-refractivity contribution in [2.75, 3.05) is 18.0 Å². The zero-order valence-electron chi connectivity index (χ0n) is 11.7. The minimum absolute atomic E-state index is 0.149. The maximum absolute atomic E-state index is 13.4. The molecule has 0 aliphatic heterocycles. The van der Waals surface area contributed by atoms with E-state index < -0.39 is 0 Å². The molecule has 0 atom stereocenters. The normalized spacial score (nSPS) is 17.2. The molecule has 0 aromatic heterocycles. The lowest BCUT2D eigenvalue weighted by Gasteiger charge is -2.33. The first kappa shape index (κ1) is 14.3. The largest absolute Gasteiger partial charge is 0.368 e. The highest BCUT2D eigenvalue weighted by Crippen LogP contribution is 2.27. The summed E-state index contributed by atoms with van der Waals surface area (Å²) in [6.07, 6.45) is 8.67. The van der Waals surface area contributed by atoms with E-state index in [1.165, 1.54) is 44.6 Å². The van der Waals surface area contributed by atoms with Gasteiger partial charge in [0.1, 0.15) is 5.82 Å². The molecule has 2 rings (SSSR count). The van der Waals surface area contributed by atoms with Crippen molar-refractivity contribution in [3.63, 3.8) is 0 Å². The van der Waals surface area contributed by atoms with Crippen molar-refractivity contribution in [3.05, 3.63) is 30.1 Å². The molecule has 2 N–H and O–H groups in total. The van der Waals surface area contributed by atoms with Crippen molar-refractivity contribution in [1.82, 2.24) is 0 Å². The number of halogens is 1. The molecule has 0 amide bonds. The average Bonchev–Trinajstić information content (AvgIpc) is 2.68. The predicted octanol–water partition coefficient (Wildman–Crippen LogP) is 3.70. The fourth-order valence-electron chi connectivity index (χ4n) is 3.01. The number of nitrogens with zero attached hydrogens (tertiary/aromatic N) is 1. The van der Waals surface area contributed by atoms with Gasteiger partial charge >= 0.3 is 0 Å². The van der Waals surface area contributed by atoms with Crippen molar-refractivity contribution in [2.24, 2.45) is 5.73 Å². The molecular weight excluding hydrogens is 239 g/mol. The number of nitrogens with two attached hydrogens (primary N) is 1. The third kappa shape index (κ3) is 4.20. The van der Waals surface area contributed by atoms with Gasteiger partial charge in [-0.05, 0) is 44.0 Å². The second kappa shape index (κ2) is 7.49. The molecule has 1 aliphatic rings. The van der Waals surface area contributed by atoms with Crippen molar-refractivity contribution in [2.45, 2.75) is 51.0 Å². The smallest absolute Gasteiger partial charge is 0.125 e. The third-order valence-corrected chi connectivity index (χ3v) is 4.01. The van der Waals surface area contributed by atoms with Crippen LogP contribution in [0.3, 0.4) is 0 Å². The molecule has 1 fully saturated rings. The van der Waals surface area contributed by atoms with Gasteiger partial charge in [-0.15, -0.1) is 0 Å². The van der Waals surface area contributed by atoms with Crippen LogP contribution in [-0.4, -0.2) is 19.1 Å². The zero-order valence-corrected chi connectivity index (χ0v) is 11.7. The highest BCUT2D eigenvalue weighted by Gasteiger charge is 2.20. The van der Waals surface area contributed by atoms with E-state index in [2.05, 4.69) is 4.90 Å². The third-order valence-electron chi connectivity index (χ3n) is 4.01. The van der Waals surface area contributed by atoms with Gasteiger partial charge in [-0.3, -0.25) is 0 Å². The van der Waals surface area contributed by atoms with E-state index in [9.17, 15) is 4.39 Å². The molecule has 0 bridgehead atoms. The van der Waals surface area contributed by atoms with Crippen LogP contribution < -0.4 is 10.6 Å². The number of benzene rings is 1. The molecule has 0 unspecified atom stereocenters. The molecule has 2 nitrogen and oxygen atoms in total. The van der Waals surface area contributed by atoms with Gasteiger partial charge in [-0.1, -0.05) is 31.7 Å². The Morgan fingerprint density at radius 1 is 1.16 bits per heavy atom. The summed E-state index contributed by atoms with van der Waals surface area (Å²) in [5.41, 5.74) is 6.66. The minimum atomic E-state index is -0.149. The number of hydrogen-bond donors (Lipinski definition) is 1. The van der Waals surface area contributed by atoms with Crippen molar-refractivity contribution in [1.29, 1.82) is 0 Å². The minimum Gasteiger partial charge on any atom is -0.368 e. The van der Waals surface area contributed by atoms with Crippen LogP contribution in [0, 0.1) is 5.82 Å². The molecule has 19 heavy (non-hydrogen) atoms. The molecule has 0 spiro atoms. The van der Waals surface area contributed by atoms with Crippen LogP contribution in [0.1, 0.15) is 44.9 Å². The predicted molar refractivity (Wildman–Crippen MR) is 78.9 cm³/mol. The fourth-order valence-corrected chi connectivity index (χ4v) is 3.01. The standard InChI is InChI=1S/C16H25FN2/c17-14-7-5-10-16(13-14)19(12-6-11-18)15-8-3-1-2-4-9-15/h5,7,10,13,15H,1-4,6,8-9,11-12,18H2. The Morgan fingerprint density at radius 3 is 2.53 bits per heavy atom. The first-order valence-electron chi connectivity index (χ1n) is 7.53. The zero-order chi connectivity index (χ0) is 13.5. The second-order valence-electron chi connectivity index (χ2n) is 5.46. The Kier molecular flexibility index (Phi) is 5.64. The number of hydrogen-bond acceptors (Lipinski definition) is 2. The second-order valence-corrected chi connectivity index (χ2v) is 5.46. The van der Waals surface area contributed by atoms with E-state index in [-0.39, 0.29) is 5.82 Å². The topological polar surface area (TPSA) is 29.3 Å². The van der Waals surface area contributed by atoms with E-state index in [0.29, 0.717) is 12.6 Å². The fraction of sp³-hybridized carbons (Fsp3) is 0.625. The van der Waals surface area contributed by atoms with Gasteiger partial charge in [0, 0.05) is 18.3 Å². The van der Waals surface area contributed by atoms with Crippen molar-refractivity contribution in [3.8, 4) is 0 Å². The molecule has 1 aromatic carbocycles. The van der Waals surface area contributed by atoms with Crippen LogP contribution in [0.5, 0.6) is 0 Å². The quantitative estimate of drug-likeness (QED) is 0.822. The SMILES string of the molecule is NCCCN(c1cccc(F)c1)C1CCCCCC1. The summed E-state index contributed by atoms with van der Waals surface area (Å²) in [4.78, 5) is 2.38. The van der Waals surface area contributed by atoms with Crippen molar-refractivity contribution < 1.29 is 4.39 Å². The van der Waals surface area contributed by atoms with Gasteiger partial charge in [-0.25, -0.2) is 4.39 Å². The molecule has 3 heteroatoms. The average molecular weight is 264 g/mol. The summed E-state index contributed by atoms with van der Waals surface area (Å²) in [5, 5.41) is 0. The summed E-state index contributed by atoms with van der Waals surface area (Å²) in [6.45, 7) is 1.63. The van der Waals surface area contributed by atoms with Gasteiger partial charge < -0.3 is 10.6 Å². The van der Waals surface area contributed by atoms with Crippen LogP contribution in [0.15, 0.2) is 24.3 Å². The molecular formula is C16H25FN2. The Balaban J connectivity index is 2.13. The van der Waals surface area contributed by atoms with E-state index in [1.807, 2.05) is 6.07 Å². The van der Waals surface area contributed by atoms with Crippen LogP contribution in [0.4, 0.5) is 10.1 Å². The highest BCUT2D eigenvalue weighted by molar-refractivity contribution is 5.47. The Labute approximate surface area is 115 Å². The van der Waals surface area contributed by atoms with Gasteiger partial charge in [0.25, 0.3) is 0 Å². The molecule has 106 valence electrons. The molecule has 1 aliphatic carbocycles. The lowest BCUT2D eigenvalue weighted by molar-refractivity contribution is 0.517. The molecule has 1 aromatic rings.